The largest absolute Gasteiger partial charge is 0.410 e. The summed E-state index contributed by atoms with van der Waals surface area (Å²) in [6.07, 6.45) is 0. The van der Waals surface area contributed by atoms with Crippen LogP contribution in [0.3, 0.4) is 0 Å². The Morgan fingerprint density at radius 3 is 2.85 bits per heavy atom. The summed E-state index contributed by atoms with van der Waals surface area (Å²) in [7, 11) is 0. The minimum Gasteiger partial charge on any atom is -0.410 e. The fourth-order valence-corrected chi connectivity index (χ4v) is 1.28. The van der Waals surface area contributed by atoms with Crippen LogP contribution in [0.4, 0.5) is 0 Å². The molecule has 0 saturated heterocycles. The highest BCUT2D eigenvalue weighted by Crippen LogP contribution is 2.19. The summed E-state index contributed by atoms with van der Waals surface area (Å²) in [5.74, 6) is 1.40. The van der Waals surface area contributed by atoms with Crippen molar-refractivity contribution in [3.05, 3.63) is 18.0 Å². The maximum atomic E-state index is 5.33. The predicted octanol–water partition coefficient (Wildman–Crippen LogP) is 1.04. The quantitative estimate of drug-likeness (QED) is 0.582. The molecule has 0 amide bonds. The van der Waals surface area contributed by atoms with E-state index in [0.29, 0.717) is 11.1 Å². The van der Waals surface area contributed by atoms with Crippen molar-refractivity contribution in [3.8, 4) is 0 Å². The van der Waals surface area contributed by atoms with E-state index in [4.69, 9.17) is 4.42 Å². The topological polar surface area (TPSA) is 66.6 Å². The predicted molar refractivity (Wildman–Crippen MR) is 51.1 cm³/mol. The van der Waals surface area contributed by atoms with Crippen molar-refractivity contribution in [1.82, 2.24) is 10.2 Å². The molecule has 1 aromatic rings. The number of aromatic nitrogens is 2. The Morgan fingerprint density at radius 1 is 1.69 bits per heavy atom. The maximum Gasteiger partial charge on any atom is 0.277 e. The van der Waals surface area contributed by atoms with Crippen molar-refractivity contribution in [2.24, 2.45) is 0 Å². The lowest BCUT2D eigenvalue weighted by Crippen LogP contribution is -2.51. The molecule has 3 N–H and O–H groups in total. The van der Waals surface area contributed by atoms with Gasteiger partial charge in [0.15, 0.2) is 6.04 Å². The summed E-state index contributed by atoms with van der Waals surface area (Å²) in [5, 5.41) is 8.33. The van der Waals surface area contributed by atoms with Crippen molar-refractivity contribution in [3.63, 3.8) is 0 Å². The van der Waals surface area contributed by atoms with Crippen LogP contribution < -0.4 is 5.73 Å². The minimum absolute atomic E-state index is 0.0479. The lowest BCUT2D eigenvalue weighted by Gasteiger charge is -1.94. The summed E-state index contributed by atoms with van der Waals surface area (Å²) < 4.78 is 5.33. The Labute approximate surface area is 81.6 Å². The third kappa shape index (κ3) is 3.20. The first-order valence-electron chi connectivity index (χ1n) is 4.03. The summed E-state index contributed by atoms with van der Waals surface area (Å²) >= 11 is 1.50. The van der Waals surface area contributed by atoms with Gasteiger partial charge in [-0.2, -0.15) is 0 Å². The molecule has 13 heavy (non-hydrogen) atoms. The van der Waals surface area contributed by atoms with Crippen LogP contribution in [0.15, 0.2) is 21.8 Å². The highest BCUT2D eigenvalue weighted by atomic mass is 32.2. The Morgan fingerprint density at radius 2 is 2.38 bits per heavy atom. The number of nitrogens with zero attached hydrogens (tertiary/aromatic N) is 2. The van der Waals surface area contributed by atoms with Gasteiger partial charge in [0, 0.05) is 5.75 Å². The first kappa shape index (κ1) is 10.3. The van der Waals surface area contributed by atoms with Gasteiger partial charge in [-0.25, -0.2) is 0 Å². The molecule has 0 fully saturated rings. The van der Waals surface area contributed by atoms with E-state index in [-0.39, 0.29) is 6.04 Å². The van der Waals surface area contributed by atoms with E-state index < -0.39 is 0 Å². The van der Waals surface area contributed by atoms with Crippen molar-refractivity contribution in [1.29, 1.82) is 0 Å². The molecule has 5 heteroatoms. The van der Waals surface area contributed by atoms with Crippen LogP contribution in [0, 0.1) is 0 Å². The molecule has 0 saturated carbocycles. The summed E-state index contributed by atoms with van der Waals surface area (Å²) in [6, 6.07) is 0.0479. The molecule has 0 aliphatic rings. The highest BCUT2D eigenvalue weighted by molar-refractivity contribution is 7.99. The molecule has 0 unspecified atom stereocenters. The molecule has 0 spiro atoms. The summed E-state index contributed by atoms with van der Waals surface area (Å²) in [5.41, 5.74) is 4.88. The van der Waals surface area contributed by atoms with E-state index in [1.165, 1.54) is 11.8 Å². The number of rotatable bonds is 4. The molecule has 1 atom stereocenters. The maximum absolute atomic E-state index is 5.33. The zero-order chi connectivity index (χ0) is 9.84. The van der Waals surface area contributed by atoms with Gasteiger partial charge in [-0.1, -0.05) is 23.9 Å². The zero-order valence-electron chi connectivity index (χ0n) is 7.91. The van der Waals surface area contributed by atoms with Crippen LogP contribution in [0.1, 0.15) is 25.8 Å². The standard InChI is InChI=1S/C8H13N3OS/c1-5(2)4-13-8-11-10-7(12-8)6(3)9/h6H,1,4,9H2,2-3H3/p+1/t6-/m0/s1. The number of hydrogen-bond donors (Lipinski definition) is 1. The van der Waals surface area contributed by atoms with Gasteiger partial charge in [0.05, 0.1) is 0 Å². The van der Waals surface area contributed by atoms with Gasteiger partial charge >= 0.3 is 0 Å². The molecule has 1 aromatic heterocycles. The Balaban J connectivity index is 2.54. The van der Waals surface area contributed by atoms with Gasteiger partial charge < -0.3 is 10.2 Å². The average molecular weight is 200 g/mol. The lowest BCUT2D eigenvalue weighted by molar-refractivity contribution is -0.425. The van der Waals surface area contributed by atoms with Crippen molar-refractivity contribution < 1.29 is 10.2 Å². The minimum atomic E-state index is 0.0479. The Kier molecular flexibility index (Phi) is 3.50. The van der Waals surface area contributed by atoms with E-state index >= 15 is 0 Å². The Bertz CT molecular complexity index is 295. The molecule has 72 valence electrons. The second-order valence-electron chi connectivity index (χ2n) is 3.05. The van der Waals surface area contributed by atoms with Gasteiger partial charge in [-0.3, -0.25) is 0 Å². The fourth-order valence-electron chi connectivity index (χ4n) is 0.663. The van der Waals surface area contributed by atoms with E-state index in [1.807, 2.05) is 13.8 Å². The fraction of sp³-hybridized carbons (Fsp3) is 0.500. The van der Waals surface area contributed by atoms with Crippen LogP contribution in [0.25, 0.3) is 0 Å². The molecule has 0 aliphatic carbocycles. The number of quaternary nitrogens is 1. The highest BCUT2D eigenvalue weighted by Gasteiger charge is 2.12. The van der Waals surface area contributed by atoms with Crippen molar-refractivity contribution in [2.75, 3.05) is 5.75 Å². The van der Waals surface area contributed by atoms with Gasteiger partial charge in [-0.15, -0.1) is 10.2 Å². The van der Waals surface area contributed by atoms with Crippen molar-refractivity contribution >= 4 is 11.8 Å². The summed E-state index contributed by atoms with van der Waals surface area (Å²) in [4.78, 5) is 0. The van der Waals surface area contributed by atoms with E-state index in [0.717, 1.165) is 11.3 Å². The molecule has 1 heterocycles. The van der Waals surface area contributed by atoms with Crippen LogP contribution in [-0.4, -0.2) is 16.0 Å². The van der Waals surface area contributed by atoms with E-state index in [9.17, 15) is 0 Å². The average Bonchev–Trinajstić information content (AvgIpc) is 2.48. The van der Waals surface area contributed by atoms with Gasteiger partial charge in [0.2, 0.25) is 0 Å². The monoisotopic (exact) mass is 200 g/mol. The van der Waals surface area contributed by atoms with E-state index in [2.05, 4.69) is 22.5 Å². The van der Waals surface area contributed by atoms with Crippen molar-refractivity contribution in [2.45, 2.75) is 25.1 Å². The third-order valence-electron chi connectivity index (χ3n) is 1.29. The third-order valence-corrected chi connectivity index (χ3v) is 2.33. The SMILES string of the molecule is C=C(C)CSc1nnc([C@H](C)[NH3+])o1. The zero-order valence-corrected chi connectivity index (χ0v) is 8.73. The molecule has 4 nitrogen and oxygen atoms in total. The van der Waals surface area contributed by atoms with Crippen LogP contribution >= 0.6 is 11.8 Å². The summed E-state index contributed by atoms with van der Waals surface area (Å²) in [6.45, 7) is 7.67. The van der Waals surface area contributed by atoms with Crippen LogP contribution in [0.5, 0.6) is 0 Å². The molecule has 0 radical (unpaired) electrons. The smallest absolute Gasteiger partial charge is 0.277 e. The van der Waals surface area contributed by atoms with Crippen LogP contribution in [0.2, 0.25) is 0 Å². The molecule has 0 bridgehead atoms. The molecular formula is C8H14N3OS+. The second-order valence-corrected chi connectivity index (χ2v) is 3.98. The lowest BCUT2D eigenvalue weighted by atomic mass is 10.4. The number of hydrogen-bond acceptors (Lipinski definition) is 4. The molecule has 0 aliphatic heterocycles. The van der Waals surface area contributed by atoms with Gasteiger partial charge in [0.25, 0.3) is 11.1 Å². The van der Waals surface area contributed by atoms with Gasteiger partial charge in [-0.05, 0) is 13.8 Å². The molecule has 0 aromatic carbocycles. The normalized spacial score (nSPS) is 12.8. The molecule has 1 rings (SSSR count). The first-order chi connectivity index (χ1) is 6.09. The second kappa shape index (κ2) is 4.43. The Hall–Kier alpha value is -0.810. The first-order valence-corrected chi connectivity index (χ1v) is 5.02. The van der Waals surface area contributed by atoms with E-state index in [1.54, 1.807) is 0 Å². The van der Waals surface area contributed by atoms with Crippen LogP contribution in [-0.2, 0) is 0 Å². The molecular weight excluding hydrogens is 186 g/mol. The van der Waals surface area contributed by atoms with Gasteiger partial charge in [0.1, 0.15) is 0 Å². The number of thioether (sulfide) groups is 1.